The second-order valence-corrected chi connectivity index (χ2v) is 10.8. The van der Waals surface area contributed by atoms with Crippen molar-refractivity contribution in [1.29, 1.82) is 0 Å². The fraction of sp³-hybridized carbons (Fsp3) is 0.300. The van der Waals surface area contributed by atoms with Crippen LogP contribution in [0.15, 0.2) is 52.9 Å². The number of fused-ring (bicyclic) bond motifs is 1. The van der Waals surface area contributed by atoms with Crippen molar-refractivity contribution in [2.45, 2.75) is 18.7 Å². The predicted octanol–water partition coefficient (Wildman–Crippen LogP) is 2.27. The number of nitrogens with one attached hydrogen (secondary N) is 1. The van der Waals surface area contributed by atoms with Gasteiger partial charge in [0.2, 0.25) is 20.0 Å². The zero-order valence-electron chi connectivity index (χ0n) is 16.8. The molecular weight excluding hydrogens is 426 g/mol. The van der Waals surface area contributed by atoms with Crippen molar-refractivity contribution in [2.24, 2.45) is 5.14 Å². The number of hydrogen-bond acceptors (Lipinski definition) is 6. The Morgan fingerprint density at radius 3 is 2.30 bits per heavy atom. The molecule has 2 aromatic carbocycles. The zero-order chi connectivity index (χ0) is 21.9. The van der Waals surface area contributed by atoms with Gasteiger partial charge in [-0.3, -0.25) is 9.62 Å². The minimum atomic E-state index is -3.58. The third-order valence-corrected chi connectivity index (χ3v) is 5.81. The summed E-state index contributed by atoms with van der Waals surface area (Å²) in [5, 5.41) is 5.95. The van der Waals surface area contributed by atoms with E-state index in [9.17, 15) is 16.8 Å². The second-order valence-electron chi connectivity index (χ2n) is 7.45. The van der Waals surface area contributed by atoms with Gasteiger partial charge in [0.1, 0.15) is 11.3 Å². The summed E-state index contributed by atoms with van der Waals surface area (Å²) in [5.41, 5.74) is 2.96. The lowest BCUT2D eigenvalue weighted by Gasteiger charge is -2.15. The van der Waals surface area contributed by atoms with Crippen LogP contribution in [-0.4, -0.2) is 41.6 Å². The summed E-state index contributed by atoms with van der Waals surface area (Å²) in [6, 6.07) is 14.4. The first-order chi connectivity index (χ1) is 14.0. The molecule has 3 aromatic rings. The van der Waals surface area contributed by atoms with Crippen LogP contribution in [-0.2, 0) is 38.8 Å². The highest BCUT2D eigenvalue weighted by molar-refractivity contribution is 7.92. The van der Waals surface area contributed by atoms with Gasteiger partial charge in [0, 0.05) is 17.6 Å². The molecule has 0 saturated heterocycles. The largest absolute Gasteiger partial charge is 0.460 e. The maximum absolute atomic E-state index is 11.3. The van der Waals surface area contributed by atoms with E-state index >= 15 is 0 Å². The molecule has 0 unspecified atom stereocenters. The van der Waals surface area contributed by atoms with Crippen LogP contribution in [0.1, 0.15) is 16.9 Å². The van der Waals surface area contributed by atoms with E-state index < -0.39 is 20.0 Å². The topological polar surface area (TPSA) is 123 Å². The molecule has 8 nitrogen and oxygen atoms in total. The van der Waals surface area contributed by atoms with E-state index in [-0.39, 0.29) is 5.75 Å². The summed E-state index contributed by atoms with van der Waals surface area (Å²) in [6.45, 7) is 1.39. The summed E-state index contributed by atoms with van der Waals surface area (Å²) in [7, 11) is -4.87. The molecule has 0 atom stereocenters. The minimum Gasteiger partial charge on any atom is -0.460 e. The number of hydrogen-bond donors (Lipinski definition) is 2. The lowest BCUT2D eigenvalue weighted by atomic mass is 10.1. The maximum Gasteiger partial charge on any atom is 0.229 e. The molecule has 0 bridgehead atoms. The van der Waals surface area contributed by atoms with Gasteiger partial charge in [-0.15, -0.1) is 0 Å². The molecule has 0 radical (unpaired) electrons. The van der Waals surface area contributed by atoms with Gasteiger partial charge < -0.3 is 4.42 Å². The highest BCUT2D eigenvalue weighted by Crippen LogP contribution is 2.22. The monoisotopic (exact) mass is 451 g/mol. The molecule has 30 heavy (non-hydrogen) atoms. The van der Waals surface area contributed by atoms with E-state index in [1.807, 2.05) is 25.2 Å². The van der Waals surface area contributed by atoms with Crippen molar-refractivity contribution >= 4 is 36.7 Å². The number of sulfonamides is 2. The third-order valence-electron chi connectivity index (χ3n) is 4.46. The Bertz CT molecular complexity index is 1230. The molecule has 0 aliphatic rings. The van der Waals surface area contributed by atoms with Gasteiger partial charge in [-0.25, -0.2) is 22.0 Å². The van der Waals surface area contributed by atoms with E-state index in [4.69, 9.17) is 9.56 Å². The van der Waals surface area contributed by atoms with Crippen LogP contribution < -0.4 is 9.86 Å². The van der Waals surface area contributed by atoms with E-state index in [2.05, 4.69) is 9.62 Å². The molecule has 3 rings (SSSR count). The molecule has 0 spiro atoms. The van der Waals surface area contributed by atoms with E-state index in [1.165, 1.54) is 0 Å². The molecule has 0 saturated carbocycles. The first-order valence-corrected chi connectivity index (χ1v) is 12.8. The second kappa shape index (κ2) is 8.76. The summed E-state index contributed by atoms with van der Waals surface area (Å²) >= 11 is 0. The molecular formula is C20H25N3O5S2. The number of benzene rings is 2. The average molecular weight is 452 g/mol. The number of nitrogens with zero attached hydrogens (tertiary/aromatic N) is 1. The Morgan fingerprint density at radius 2 is 1.67 bits per heavy atom. The summed E-state index contributed by atoms with van der Waals surface area (Å²) in [6.07, 6.45) is 1.92. The minimum absolute atomic E-state index is 0.206. The molecule has 1 heterocycles. The first kappa shape index (κ1) is 22.3. The zero-order valence-corrected chi connectivity index (χ0v) is 18.5. The molecule has 3 N–H and O–H groups in total. The van der Waals surface area contributed by atoms with Crippen LogP contribution in [0.5, 0.6) is 0 Å². The summed E-state index contributed by atoms with van der Waals surface area (Å²) in [4.78, 5) is 2.12. The fourth-order valence-electron chi connectivity index (χ4n) is 3.17. The van der Waals surface area contributed by atoms with Crippen molar-refractivity contribution in [3.63, 3.8) is 0 Å². The average Bonchev–Trinajstić information content (AvgIpc) is 3.00. The number of rotatable bonds is 9. The Labute approximate surface area is 176 Å². The maximum atomic E-state index is 11.3. The Hall–Kier alpha value is -2.40. The lowest BCUT2D eigenvalue weighted by molar-refractivity contribution is 0.302. The number of likely N-dealkylation sites (N-methyl/N-ethyl adjacent to an activating group) is 1. The van der Waals surface area contributed by atoms with Crippen LogP contribution in [0.3, 0.4) is 0 Å². The third kappa shape index (κ3) is 6.84. The van der Waals surface area contributed by atoms with Crippen molar-refractivity contribution in [3.05, 3.63) is 65.4 Å². The van der Waals surface area contributed by atoms with Gasteiger partial charge in [-0.2, -0.15) is 0 Å². The molecule has 1 aromatic heterocycles. The molecule has 0 amide bonds. The van der Waals surface area contributed by atoms with Gasteiger partial charge in [-0.05, 0) is 54.9 Å². The summed E-state index contributed by atoms with van der Waals surface area (Å²) < 4.78 is 53.4. The quantitative estimate of drug-likeness (QED) is 0.514. The van der Waals surface area contributed by atoms with Crippen LogP contribution in [0.4, 0.5) is 5.69 Å². The molecule has 0 fully saturated rings. The molecule has 162 valence electrons. The number of anilines is 1. The van der Waals surface area contributed by atoms with Crippen LogP contribution >= 0.6 is 0 Å². The SMILES string of the molecule is CN(CCc1ccc(NS(C)(=O)=O)cc1)Cc1cc2cc(CS(N)(=O)=O)ccc2o1. The Balaban J connectivity index is 1.58. The standard InChI is InChI=1S/C20H25N3O5S2/c1-23(10-9-15-3-6-18(7-4-15)22-29(2,24)25)13-19-12-17-11-16(14-30(21,26)27)5-8-20(17)28-19/h3-8,11-12,22H,9-10,13-14H2,1-2H3,(H2,21,26,27). The van der Waals surface area contributed by atoms with Crippen LogP contribution in [0.2, 0.25) is 0 Å². The number of nitrogens with two attached hydrogens (primary N) is 1. The van der Waals surface area contributed by atoms with Gasteiger partial charge in [0.25, 0.3) is 0 Å². The van der Waals surface area contributed by atoms with E-state index in [0.29, 0.717) is 23.4 Å². The van der Waals surface area contributed by atoms with Crippen molar-refractivity contribution in [3.8, 4) is 0 Å². The van der Waals surface area contributed by atoms with E-state index in [0.717, 1.165) is 35.9 Å². The highest BCUT2D eigenvalue weighted by atomic mass is 32.2. The van der Waals surface area contributed by atoms with Gasteiger partial charge >= 0.3 is 0 Å². The number of furan rings is 1. The van der Waals surface area contributed by atoms with Crippen molar-refractivity contribution < 1.29 is 21.3 Å². The van der Waals surface area contributed by atoms with Gasteiger partial charge in [0.05, 0.1) is 18.6 Å². The molecule has 10 heteroatoms. The Kier molecular flexibility index (Phi) is 6.51. The van der Waals surface area contributed by atoms with E-state index in [1.54, 1.807) is 30.3 Å². The highest BCUT2D eigenvalue weighted by Gasteiger charge is 2.10. The molecule has 0 aliphatic carbocycles. The number of primary sulfonamides is 1. The van der Waals surface area contributed by atoms with Crippen LogP contribution in [0, 0.1) is 0 Å². The lowest BCUT2D eigenvalue weighted by Crippen LogP contribution is -2.20. The van der Waals surface area contributed by atoms with Crippen molar-refractivity contribution in [1.82, 2.24) is 4.90 Å². The fourth-order valence-corrected chi connectivity index (χ4v) is 4.37. The van der Waals surface area contributed by atoms with Crippen LogP contribution in [0.25, 0.3) is 11.0 Å². The van der Waals surface area contributed by atoms with Gasteiger partial charge in [-0.1, -0.05) is 18.2 Å². The molecule has 0 aliphatic heterocycles. The van der Waals surface area contributed by atoms with Gasteiger partial charge in [0.15, 0.2) is 0 Å². The predicted molar refractivity (Wildman–Crippen MR) is 118 cm³/mol. The van der Waals surface area contributed by atoms with Crippen molar-refractivity contribution in [2.75, 3.05) is 24.6 Å². The summed E-state index contributed by atoms with van der Waals surface area (Å²) in [5.74, 6) is 0.579. The first-order valence-electron chi connectivity index (χ1n) is 9.24. The smallest absolute Gasteiger partial charge is 0.229 e. The normalized spacial score (nSPS) is 12.5. The Morgan fingerprint density at radius 1 is 1.00 bits per heavy atom.